The zero-order valence-electron chi connectivity index (χ0n) is 16.8. The third kappa shape index (κ3) is 2.74. The molecule has 2 aliphatic carbocycles. The molecule has 0 N–H and O–H groups in total. The minimum Gasteiger partial charge on any atom is -0.310 e. The van der Waals surface area contributed by atoms with Crippen molar-refractivity contribution < 1.29 is 18.0 Å². The molecule has 1 saturated heterocycles. The highest BCUT2D eigenvalue weighted by Gasteiger charge is 2.65. The standard InChI is InChI=1S/C21H28N2O4S/c1-15-6-4-5-7-17(15)23-11-10-22(13-19(23)25)28(26,27)14-21-9-8-16(12-18(21)24)20(21,2)3/h4-7,16H,8-14H2,1-3H3. The summed E-state index contributed by atoms with van der Waals surface area (Å²) >= 11 is 0. The van der Waals surface area contributed by atoms with E-state index < -0.39 is 15.4 Å². The molecule has 6 nitrogen and oxygen atoms in total. The summed E-state index contributed by atoms with van der Waals surface area (Å²) < 4.78 is 27.7. The Balaban J connectivity index is 1.53. The Labute approximate surface area is 166 Å². The van der Waals surface area contributed by atoms with E-state index in [9.17, 15) is 18.0 Å². The second-order valence-electron chi connectivity index (χ2n) is 9.09. The number of aryl methyl sites for hydroxylation is 1. The average molecular weight is 405 g/mol. The first kappa shape index (κ1) is 19.6. The largest absolute Gasteiger partial charge is 0.310 e. The summed E-state index contributed by atoms with van der Waals surface area (Å²) in [5.74, 6) is -0.0279. The van der Waals surface area contributed by atoms with E-state index in [-0.39, 0.29) is 41.9 Å². The molecule has 2 unspecified atom stereocenters. The van der Waals surface area contributed by atoms with Crippen molar-refractivity contribution in [2.24, 2.45) is 16.7 Å². The molecule has 0 radical (unpaired) electrons. The van der Waals surface area contributed by atoms with Gasteiger partial charge in [-0.15, -0.1) is 0 Å². The van der Waals surface area contributed by atoms with Gasteiger partial charge in [0.05, 0.1) is 12.3 Å². The molecule has 1 aromatic carbocycles. The van der Waals surface area contributed by atoms with Crippen molar-refractivity contribution in [3.05, 3.63) is 29.8 Å². The van der Waals surface area contributed by atoms with Crippen LogP contribution in [0.1, 0.15) is 38.7 Å². The number of Topliss-reactive ketones (excluding diaryl/α,β-unsaturated/α-hetero) is 1. The van der Waals surface area contributed by atoms with Crippen molar-refractivity contribution in [1.29, 1.82) is 0 Å². The molecule has 1 aliphatic heterocycles. The molecule has 152 valence electrons. The van der Waals surface area contributed by atoms with Gasteiger partial charge in [-0.05, 0) is 42.7 Å². The number of carbonyl (C=O) groups excluding carboxylic acids is 2. The fourth-order valence-corrected chi connectivity index (χ4v) is 7.67. The number of sulfonamides is 1. The maximum atomic E-state index is 13.2. The number of para-hydroxylation sites is 1. The molecule has 4 rings (SSSR count). The van der Waals surface area contributed by atoms with E-state index >= 15 is 0 Å². The van der Waals surface area contributed by atoms with Gasteiger partial charge in [0.2, 0.25) is 15.9 Å². The van der Waals surface area contributed by atoms with E-state index in [1.807, 2.05) is 45.0 Å². The number of hydrogen-bond acceptors (Lipinski definition) is 4. The summed E-state index contributed by atoms with van der Waals surface area (Å²) in [6, 6.07) is 7.62. The number of benzene rings is 1. The Morgan fingerprint density at radius 2 is 1.86 bits per heavy atom. The third-order valence-electron chi connectivity index (χ3n) is 7.55. The van der Waals surface area contributed by atoms with Gasteiger partial charge in [-0.3, -0.25) is 9.59 Å². The number of nitrogens with zero attached hydrogens (tertiary/aromatic N) is 2. The van der Waals surface area contributed by atoms with E-state index in [0.717, 1.165) is 17.7 Å². The molecular weight excluding hydrogens is 376 g/mol. The third-order valence-corrected chi connectivity index (χ3v) is 9.51. The normalized spacial score (nSPS) is 30.2. The van der Waals surface area contributed by atoms with Gasteiger partial charge in [0, 0.05) is 30.6 Å². The molecule has 2 bridgehead atoms. The van der Waals surface area contributed by atoms with Crippen molar-refractivity contribution in [2.75, 3.05) is 30.3 Å². The number of hydrogen-bond donors (Lipinski definition) is 0. The van der Waals surface area contributed by atoms with Gasteiger partial charge in [-0.25, -0.2) is 8.42 Å². The van der Waals surface area contributed by atoms with Crippen molar-refractivity contribution in [3.8, 4) is 0 Å². The maximum absolute atomic E-state index is 13.2. The summed E-state index contributed by atoms with van der Waals surface area (Å²) in [6.07, 6.45) is 2.04. The minimum atomic E-state index is -3.70. The first-order valence-corrected chi connectivity index (χ1v) is 11.6. The minimum absolute atomic E-state index is 0.0854. The number of carbonyl (C=O) groups is 2. The zero-order chi connectivity index (χ0) is 20.3. The fourth-order valence-electron chi connectivity index (χ4n) is 5.52. The molecule has 7 heteroatoms. The average Bonchev–Trinajstić information content (AvgIpc) is 2.96. The van der Waals surface area contributed by atoms with Crippen LogP contribution < -0.4 is 4.90 Å². The number of rotatable bonds is 4. The van der Waals surface area contributed by atoms with Crippen LogP contribution in [0.2, 0.25) is 0 Å². The van der Waals surface area contributed by atoms with Crippen LogP contribution in [0.5, 0.6) is 0 Å². The van der Waals surface area contributed by atoms with Gasteiger partial charge in [0.15, 0.2) is 0 Å². The molecule has 1 heterocycles. The second kappa shape index (κ2) is 6.39. The molecule has 1 aromatic rings. The first-order chi connectivity index (χ1) is 13.1. The van der Waals surface area contributed by atoms with E-state index in [1.165, 1.54) is 4.31 Å². The molecule has 0 spiro atoms. The highest BCUT2D eigenvalue weighted by Crippen LogP contribution is 2.64. The summed E-state index contributed by atoms with van der Waals surface area (Å²) in [4.78, 5) is 27.1. The van der Waals surface area contributed by atoms with E-state index in [4.69, 9.17) is 0 Å². The lowest BCUT2D eigenvalue weighted by Gasteiger charge is -2.39. The van der Waals surface area contributed by atoms with Crippen LogP contribution in [-0.2, 0) is 19.6 Å². The number of ketones is 1. The van der Waals surface area contributed by atoms with Crippen LogP contribution in [0.25, 0.3) is 0 Å². The van der Waals surface area contributed by atoms with E-state index in [2.05, 4.69) is 0 Å². The highest BCUT2D eigenvalue weighted by molar-refractivity contribution is 7.89. The van der Waals surface area contributed by atoms with Crippen LogP contribution in [0.4, 0.5) is 5.69 Å². The van der Waals surface area contributed by atoms with Crippen molar-refractivity contribution in [3.63, 3.8) is 0 Å². The molecule has 1 amide bonds. The second-order valence-corrected chi connectivity index (χ2v) is 11.1. The topological polar surface area (TPSA) is 74.8 Å². The molecule has 28 heavy (non-hydrogen) atoms. The van der Waals surface area contributed by atoms with E-state index in [1.54, 1.807) is 4.90 Å². The fraction of sp³-hybridized carbons (Fsp3) is 0.619. The van der Waals surface area contributed by atoms with Crippen LogP contribution in [-0.4, -0.2) is 49.8 Å². The number of fused-ring (bicyclic) bond motifs is 2. The Kier molecular flexibility index (Phi) is 4.47. The lowest BCUT2D eigenvalue weighted by molar-refractivity contribution is -0.128. The quantitative estimate of drug-likeness (QED) is 0.772. The monoisotopic (exact) mass is 404 g/mol. The Morgan fingerprint density at radius 1 is 1.14 bits per heavy atom. The van der Waals surface area contributed by atoms with Gasteiger partial charge in [0.25, 0.3) is 0 Å². The molecule has 0 aromatic heterocycles. The van der Waals surface area contributed by atoms with E-state index in [0.29, 0.717) is 19.4 Å². The summed E-state index contributed by atoms with van der Waals surface area (Å²) in [6.45, 7) is 6.44. The van der Waals surface area contributed by atoms with Gasteiger partial charge in [-0.1, -0.05) is 32.0 Å². The summed E-state index contributed by atoms with van der Waals surface area (Å²) in [7, 11) is -3.70. The molecule has 3 fully saturated rings. The molecule has 2 saturated carbocycles. The number of amides is 1. The lowest BCUT2D eigenvalue weighted by Crippen LogP contribution is -2.55. The van der Waals surface area contributed by atoms with Gasteiger partial charge >= 0.3 is 0 Å². The zero-order valence-corrected chi connectivity index (χ0v) is 17.6. The summed E-state index contributed by atoms with van der Waals surface area (Å²) in [5.41, 5.74) is 0.715. The van der Waals surface area contributed by atoms with Crippen molar-refractivity contribution in [2.45, 2.75) is 40.0 Å². The number of anilines is 1. The molecule has 3 aliphatic rings. The summed E-state index contributed by atoms with van der Waals surface area (Å²) in [5, 5.41) is 0. The predicted octanol–water partition coefficient (Wildman–Crippen LogP) is 2.37. The van der Waals surface area contributed by atoms with Gasteiger partial charge in [0.1, 0.15) is 5.78 Å². The lowest BCUT2D eigenvalue weighted by atomic mass is 9.70. The van der Waals surface area contributed by atoms with Gasteiger partial charge < -0.3 is 4.90 Å². The van der Waals surface area contributed by atoms with Crippen molar-refractivity contribution in [1.82, 2.24) is 4.31 Å². The SMILES string of the molecule is Cc1ccccc1N1CCN(S(=O)(=O)CC23CCC(CC2=O)C3(C)C)CC1=O. The smallest absolute Gasteiger partial charge is 0.242 e. The highest BCUT2D eigenvalue weighted by atomic mass is 32.2. The number of piperazine rings is 1. The molecule has 2 atom stereocenters. The van der Waals surface area contributed by atoms with Crippen LogP contribution in [0.3, 0.4) is 0 Å². The first-order valence-electron chi connectivity index (χ1n) is 9.96. The molecular formula is C21H28N2O4S. The Morgan fingerprint density at radius 3 is 2.43 bits per heavy atom. The van der Waals surface area contributed by atoms with Gasteiger partial charge in [-0.2, -0.15) is 4.31 Å². The van der Waals surface area contributed by atoms with Crippen LogP contribution >= 0.6 is 0 Å². The van der Waals surface area contributed by atoms with Crippen molar-refractivity contribution >= 4 is 27.4 Å². The Hall–Kier alpha value is -1.73. The van der Waals surface area contributed by atoms with Crippen LogP contribution in [0, 0.1) is 23.7 Å². The maximum Gasteiger partial charge on any atom is 0.242 e. The van der Waals surface area contributed by atoms with Crippen LogP contribution in [0.15, 0.2) is 24.3 Å². The predicted molar refractivity (Wildman–Crippen MR) is 107 cm³/mol. The Bertz CT molecular complexity index is 939.